The molecule has 2 atom stereocenters. The molecule has 0 aromatic rings. The fraction of sp³-hybridized carbons (Fsp3) is 1.00. The van der Waals surface area contributed by atoms with Gasteiger partial charge in [0.15, 0.2) is 0 Å². The number of hydrogen-bond acceptors (Lipinski definition) is 4. The van der Waals surface area contributed by atoms with Crippen molar-refractivity contribution in [3.63, 3.8) is 0 Å². The van der Waals surface area contributed by atoms with Crippen LogP contribution in [0.4, 0.5) is 0 Å². The molecule has 2 heterocycles. The predicted molar refractivity (Wildman–Crippen MR) is 74.0 cm³/mol. The van der Waals surface area contributed by atoms with Gasteiger partial charge in [0.1, 0.15) is 0 Å². The molecule has 0 spiro atoms. The molecule has 19 heavy (non-hydrogen) atoms. The quantitative estimate of drug-likeness (QED) is 0.724. The van der Waals surface area contributed by atoms with E-state index < -0.39 is 10.2 Å². The van der Waals surface area contributed by atoms with E-state index in [1.807, 2.05) is 0 Å². The molecule has 0 aliphatic carbocycles. The van der Waals surface area contributed by atoms with Gasteiger partial charge in [0, 0.05) is 25.7 Å². The highest BCUT2D eigenvalue weighted by Crippen LogP contribution is 2.20. The second-order valence-corrected chi connectivity index (χ2v) is 7.42. The Bertz CT molecular complexity index is 388. The summed E-state index contributed by atoms with van der Waals surface area (Å²) >= 11 is 0. The maximum absolute atomic E-state index is 12.3. The minimum atomic E-state index is -3.44. The van der Waals surface area contributed by atoms with Gasteiger partial charge < -0.3 is 10.0 Å². The highest BCUT2D eigenvalue weighted by atomic mass is 32.2. The summed E-state index contributed by atoms with van der Waals surface area (Å²) in [6, 6.07) is -0.252. The lowest BCUT2D eigenvalue weighted by Crippen LogP contribution is -2.51. The standard InChI is InChI=1S/C12H25N3O3S/c1-14-7-5-11(9-14)8-13-19(17,18)15-6-3-2-4-12(15)10-16/h11-13,16H,2-10H2,1H3. The summed E-state index contributed by atoms with van der Waals surface area (Å²) in [4.78, 5) is 2.22. The molecule has 2 unspecified atom stereocenters. The largest absolute Gasteiger partial charge is 0.395 e. The van der Waals surface area contributed by atoms with Gasteiger partial charge in [-0.2, -0.15) is 12.7 Å². The first kappa shape index (κ1) is 15.2. The van der Waals surface area contributed by atoms with Crippen LogP contribution in [-0.2, 0) is 10.2 Å². The van der Waals surface area contributed by atoms with Gasteiger partial charge >= 0.3 is 0 Å². The smallest absolute Gasteiger partial charge is 0.279 e. The van der Waals surface area contributed by atoms with Crippen LogP contribution in [0.2, 0.25) is 0 Å². The topological polar surface area (TPSA) is 72.9 Å². The van der Waals surface area contributed by atoms with Gasteiger partial charge in [-0.25, -0.2) is 4.72 Å². The Balaban J connectivity index is 1.89. The number of rotatable bonds is 5. The zero-order valence-electron chi connectivity index (χ0n) is 11.6. The Labute approximate surface area is 116 Å². The van der Waals surface area contributed by atoms with Crippen molar-refractivity contribution < 1.29 is 13.5 Å². The van der Waals surface area contributed by atoms with Crippen molar-refractivity contribution in [2.24, 2.45) is 5.92 Å². The Morgan fingerprint density at radius 3 is 2.68 bits per heavy atom. The summed E-state index contributed by atoms with van der Waals surface area (Å²) in [6.07, 6.45) is 3.67. The molecule has 2 aliphatic rings. The SMILES string of the molecule is CN1CCC(CNS(=O)(=O)N2CCCCC2CO)C1. The van der Waals surface area contributed by atoms with Gasteiger partial charge in [0.2, 0.25) is 0 Å². The van der Waals surface area contributed by atoms with Crippen molar-refractivity contribution in [2.45, 2.75) is 31.7 Å². The first-order valence-corrected chi connectivity index (χ1v) is 8.53. The van der Waals surface area contributed by atoms with Crippen LogP contribution in [0, 0.1) is 5.92 Å². The molecule has 2 N–H and O–H groups in total. The van der Waals surface area contributed by atoms with Crippen LogP contribution in [-0.4, -0.2) is 68.6 Å². The molecule has 0 bridgehead atoms. The van der Waals surface area contributed by atoms with Crippen LogP contribution in [0.15, 0.2) is 0 Å². The first-order valence-electron chi connectivity index (χ1n) is 7.09. The molecular weight excluding hydrogens is 266 g/mol. The Morgan fingerprint density at radius 2 is 2.05 bits per heavy atom. The minimum absolute atomic E-state index is 0.0902. The number of nitrogens with one attached hydrogen (secondary N) is 1. The fourth-order valence-electron chi connectivity index (χ4n) is 2.97. The zero-order chi connectivity index (χ0) is 13.9. The highest BCUT2D eigenvalue weighted by molar-refractivity contribution is 7.87. The van der Waals surface area contributed by atoms with Crippen LogP contribution in [0.1, 0.15) is 25.7 Å². The van der Waals surface area contributed by atoms with E-state index in [1.54, 1.807) is 0 Å². The van der Waals surface area contributed by atoms with E-state index >= 15 is 0 Å². The second-order valence-electron chi connectivity index (χ2n) is 5.71. The third kappa shape index (κ3) is 3.88. The lowest BCUT2D eigenvalue weighted by Gasteiger charge is -2.33. The average Bonchev–Trinajstić information content (AvgIpc) is 2.82. The number of hydrogen-bond donors (Lipinski definition) is 2. The normalized spacial score (nSPS) is 30.8. The molecule has 2 fully saturated rings. The molecule has 0 aromatic carbocycles. The van der Waals surface area contributed by atoms with E-state index in [9.17, 15) is 13.5 Å². The van der Waals surface area contributed by atoms with Gasteiger partial charge in [-0.3, -0.25) is 0 Å². The second kappa shape index (κ2) is 6.49. The van der Waals surface area contributed by atoms with Gasteiger partial charge in [0.05, 0.1) is 6.61 Å². The van der Waals surface area contributed by atoms with E-state index in [1.165, 1.54) is 4.31 Å². The summed E-state index contributed by atoms with van der Waals surface area (Å²) < 4.78 is 28.7. The summed E-state index contributed by atoms with van der Waals surface area (Å²) in [6.45, 7) is 2.92. The third-order valence-electron chi connectivity index (χ3n) is 4.14. The number of aliphatic hydroxyl groups excluding tert-OH is 1. The molecule has 112 valence electrons. The predicted octanol–water partition coefficient (Wildman–Crippen LogP) is -0.381. The number of piperidine rings is 1. The monoisotopic (exact) mass is 291 g/mol. The van der Waals surface area contributed by atoms with E-state index in [2.05, 4.69) is 16.7 Å². The van der Waals surface area contributed by atoms with Gasteiger partial charge in [0.25, 0.3) is 10.2 Å². The van der Waals surface area contributed by atoms with E-state index in [-0.39, 0.29) is 12.6 Å². The Morgan fingerprint density at radius 1 is 1.26 bits per heavy atom. The van der Waals surface area contributed by atoms with Crippen molar-refractivity contribution in [2.75, 3.05) is 39.8 Å². The van der Waals surface area contributed by atoms with Crippen LogP contribution >= 0.6 is 0 Å². The maximum atomic E-state index is 12.3. The van der Waals surface area contributed by atoms with Crippen molar-refractivity contribution >= 4 is 10.2 Å². The first-order chi connectivity index (χ1) is 9.03. The van der Waals surface area contributed by atoms with Crippen molar-refractivity contribution in [3.8, 4) is 0 Å². The molecule has 0 aromatic heterocycles. The maximum Gasteiger partial charge on any atom is 0.279 e. The molecule has 2 aliphatic heterocycles. The van der Waals surface area contributed by atoms with Gasteiger partial charge in [-0.05, 0) is 38.8 Å². The molecule has 2 rings (SSSR count). The average molecular weight is 291 g/mol. The van der Waals surface area contributed by atoms with Gasteiger partial charge in [-0.15, -0.1) is 0 Å². The highest BCUT2D eigenvalue weighted by Gasteiger charge is 2.32. The number of nitrogens with zero attached hydrogens (tertiary/aromatic N) is 2. The van der Waals surface area contributed by atoms with E-state index in [0.29, 0.717) is 19.0 Å². The summed E-state index contributed by atoms with van der Waals surface area (Å²) in [5, 5.41) is 9.30. The van der Waals surface area contributed by atoms with E-state index in [4.69, 9.17) is 0 Å². The Hall–Kier alpha value is -0.210. The molecule has 0 saturated carbocycles. The van der Waals surface area contributed by atoms with Crippen LogP contribution < -0.4 is 4.72 Å². The molecule has 2 saturated heterocycles. The van der Waals surface area contributed by atoms with Crippen molar-refractivity contribution in [1.82, 2.24) is 13.9 Å². The summed E-state index contributed by atoms with van der Waals surface area (Å²) in [5.41, 5.74) is 0. The lowest BCUT2D eigenvalue weighted by molar-refractivity contribution is 0.153. The van der Waals surface area contributed by atoms with Crippen molar-refractivity contribution in [3.05, 3.63) is 0 Å². The number of likely N-dealkylation sites (tertiary alicyclic amines) is 1. The fourth-order valence-corrected chi connectivity index (χ4v) is 4.52. The Kier molecular flexibility index (Phi) is 5.19. The van der Waals surface area contributed by atoms with Crippen LogP contribution in [0.5, 0.6) is 0 Å². The molecule has 6 nitrogen and oxygen atoms in total. The lowest BCUT2D eigenvalue weighted by atomic mass is 10.1. The number of aliphatic hydroxyl groups is 1. The molecular formula is C12H25N3O3S. The molecule has 0 radical (unpaired) electrons. The van der Waals surface area contributed by atoms with Gasteiger partial charge in [-0.1, -0.05) is 6.42 Å². The summed E-state index contributed by atoms with van der Waals surface area (Å²) in [7, 11) is -1.39. The summed E-state index contributed by atoms with van der Waals surface area (Å²) in [5.74, 6) is 0.400. The minimum Gasteiger partial charge on any atom is -0.395 e. The van der Waals surface area contributed by atoms with E-state index in [0.717, 1.165) is 38.8 Å². The van der Waals surface area contributed by atoms with Crippen molar-refractivity contribution in [1.29, 1.82) is 0 Å². The molecule has 7 heteroatoms. The van der Waals surface area contributed by atoms with Crippen LogP contribution in [0.25, 0.3) is 0 Å². The zero-order valence-corrected chi connectivity index (χ0v) is 12.4. The van der Waals surface area contributed by atoms with Crippen LogP contribution in [0.3, 0.4) is 0 Å². The third-order valence-corrected chi connectivity index (χ3v) is 5.77. The molecule has 0 amide bonds.